The summed E-state index contributed by atoms with van der Waals surface area (Å²) in [5.74, 6) is -1.12. The monoisotopic (exact) mass is 513 g/mol. The molecule has 0 bridgehead atoms. The number of hydrogen-bond donors (Lipinski definition) is 2. The number of piperidine rings is 1. The number of carbonyl (C=O) groups excluding carboxylic acids is 3. The van der Waals surface area contributed by atoms with Crippen LogP contribution in [0.15, 0.2) is 91.0 Å². The molecule has 3 atom stereocenters. The van der Waals surface area contributed by atoms with Gasteiger partial charge in [-0.1, -0.05) is 91.0 Å². The molecule has 1 aliphatic heterocycles. The Hall–Kier alpha value is -3.97. The van der Waals surface area contributed by atoms with Crippen molar-refractivity contribution in [3.63, 3.8) is 0 Å². The van der Waals surface area contributed by atoms with Crippen molar-refractivity contribution in [3.8, 4) is 0 Å². The third kappa shape index (κ3) is 7.52. The van der Waals surface area contributed by atoms with Crippen molar-refractivity contribution >= 4 is 17.8 Å². The highest BCUT2D eigenvalue weighted by Gasteiger charge is 2.37. The number of likely N-dealkylation sites (tertiary alicyclic amines) is 1. The number of nitrogens with one attached hydrogen (secondary N) is 1. The van der Waals surface area contributed by atoms with Gasteiger partial charge in [-0.15, -0.1) is 0 Å². The normalized spacial score (nSPS) is 16.8. The van der Waals surface area contributed by atoms with Crippen molar-refractivity contribution in [2.24, 2.45) is 5.73 Å². The van der Waals surface area contributed by atoms with Crippen molar-refractivity contribution < 1.29 is 19.1 Å². The van der Waals surface area contributed by atoms with Crippen LogP contribution in [0.3, 0.4) is 0 Å². The van der Waals surface area contributed by atoms with Crippen molar-refractivity contribution in [1.82, 2.24) is 10.2 Å². The summed E-state index contributed by atoms with van der Waals surface area (Å²) in [7, 11) is 0. The van der Waals surface area contributed by atoms with Crippen LogP contribution in [0.5, 0.6) is 0 Å². The summed E-state index contributed by atoms with van der Waals surface area (Å²) in [6.07, 6.45) is 2.79. The maximum Gasteiger partial charge on any atom is 0.329 e. The summed E-state index contributed by atoms with van der Waals surface area (Å²) < 4.78 is 5.59. The molecule has 0 unspecified atom stereocenters. The Balaban J connectivity index is 1.47. The predicted molar refractivity (Wildman–Crippen MR) is 146 cm³/mol. The molecule has 3 aromatic carbocycles. The molecule has 38 heavy (non-hydrogen) atoms. The Bertz CT molecular complexity index is 1190. The second-order valence-electron chi connectivity index (χ2n) is 9.68. The average Bonchev–Trinajstić information content (AvgIpc) is 2.96. The fourth-order valence-corrected chi connectivity index (χ4v) is 4.75. The summed E-state index contributed by atoms with van der Waals surface area (Å²) in [4.78, 5) is 41.6. The first kappa shape index (κ1) is 27.1. The Labute approximate surface area is 224 Å². The maximum atomic E-state index is 13.9. The minimum absolute atomic E-state index is 0.150. The largest absolute Gasteiger partial charge is 0.459 e. The van der Waals surface area contributed by atoms with E-state index in [1.54, 1.807) is 4.90 Å². The second kappa shape index (κ2) is 13.5. The first-order valence-corrected chi connectivity index (χ1v) is 13.2. The fourth-order valence-electron chi connectivity index (χ4n) is 4.75. The average molecular weight is 514 g/mol. The number of nitrogens with two attached hydrogens (primary N) is 1. The van der Waals surface area contributed by atoms with E-state index in [1.165, 1.54) is 0 Å². The zero-order chi connectivity index (χ0) is 26.7. The summed E-state index contributed by atoms with van der Waals surface area (Å²) in [6, 6.07) is 26.2. The third-order valence-electron chi connectivity index (χ3n) is 6.81. The van der Waals surface area contributed by atoms with E-state index < -0.39 is 30.0 Å². The van der Waals surface area contributed by atoms with Crippen molar-refractivity contribution in [2.75, 3.05) is 6.54 Å². The topological polar surface area (TPSA) is 102 Å². The molecular weight excluding hydrogens is 478 g/mol. The Morgan fingerprint density at radius 2 is 1.37 bits per heavy atom. The zero-order valence-corrected chi connectivity index (χ0v) is 21.5. The van der Waals surface area contributed by atoms with Gasteiger partial charge in [-0.3, -0.25) is 9.59 Å². The molecule has 3 aromatic rings. The fraction of sp³-hybridized carbons (Fsp3) is 0.323. The van der Waals surface area contributed by atoms with Gasteiger partial charge >= 0.3 is 5.97 Å². The van der Waals surface area contributed by atoms with E-state index >= 15 is 0 Å². The molecule has 1 fully saturated rings. The lowest BCUT2D eigenvalue weighted by molar-refractivity contribution is -0.159. The Morgan fingerprint density at radius 1 is 0.816 bits per heavy atom. The quantitative estimate of drug-likeness (QED) is 0.405. The van der Waals surface area contributed by atoms with Crippen LogP contribution in [0.25, 0.3) is 0 Å². The molecule has 2 amide bonds. The third-order valence-corrected chi connectivity index (χ3v) is 6.81. The SMILES string of the molecule is N[C@@H](Cc1ccccc1)C(=O)N[C@@H](Cc1ccccc1)C(=O)N1CCCC[C@@H]1C(=O)OCc1ccccc1. The minimum atomic E-state index is -0.853. The van der Waals surface area contributed by atoms with Gasteiger partial charge in [0.1, 0.15) is 18.7 Å². The van der Waals surface area contributed by atoms with Crippen LogP contribution in [0.4, 0.5) is 0 Å². The summed E-state index contributed by atoms with van der Waals surface area (Å²) in [5.41, 5.74) is 8.96. The molecule has 0 saturated carbocycles. The number of nitrogens with zero attached hydrogens (tertiary/aromatic N) is 1. The standard InChI is InChI=1S/C31H35N3O4/c32-26(20-23-12-4-1-5-13-23)29(35)33-27(21-24-14-6-2-7-15-24)30(36)34-19-11-10-18-28(34)31(37)38-22-25-16-8-3-9-17-25/h1-9,12-17,26-28H,10-11,18-22,32H2,(H,33,35)/t26-,27-,28+/m0/s1. The molecule has 1 heterocycles. The zero-order valence-electron chi connectivity index (χ0n) is 21.5. The summed E-state index contributed by atoms with van der Waals surface area (Å²) >= 11 is 0. The summed E-state index contributed by atoms with van der Waals surface area (Å²) in [5, 5.41) is 2.89. The van der Waals surface area contributed by atoms with Gasteiger partial charge in [-0.2, -0.15) is 0 Å². The number of carbonyl (C=O) groups is 3. The first-order chi connectivity index (χ1) is 18.5. The van der Waals surface area contributed by atoms with Crippen LogP contribution in [0.1, 0.15) is 36.0 Å². The molecule has 1 aliphatic rings. The van der Waals surface area contributed by atoms with Crippen LogP contribution < -0.4 is 11.1 Å². The van der Waals surface area contributed by atoms with Gasteiger partial charge in [0.25, 0.3) is 0 Å². The number of benzene rings is 3. The van der Waals surface area contributed by atoms with E-state index in [0.717, 1.165) is 29.5 Å². The van der Waals surface area contributed by atoms with Gasteiger partial charge in [-0.25, -0.2) is 4.79 Å². The number of amides is 2. The van der Waals surface area contributed by atoms with E-state index in [4.69, 9.17) is 10.5 Å². The maximum absolute atomic E-state index is 13.9. The number of ether oxygens (including phenoxy) is 1. The van der Waals surface area contributed by atoms with Crippen molar-refractivity contribution in [1.29, 1.82) is 0 Å². The molecule has 7 heteroatoms. The second-order valence-corrected chi connectivity index (χ2v) is 9.68. The molecule has 0 radical (unpaired) electrons. The lowest BCUT2D eigenvalue weighted by Gasteiger charge is -2.36. The first-order valence-electron chi connectivity index (χ1n) is 13.2. The Morgan fingerprint density at radius 3 is 1.97 bits per heavy atom. The van der Waals surface area contributed by atoms with E-state index in [2.05, 4.69) is 5.32 Å². The van der Waals surface area contributed by atoms with E-state index in [1.807, 2.05) is 91.0 Å². The molecule has 198 valence electrons. The molecule has 1 saturated heterocycles. The molecule has 7 nitrogen and oxygen atoms in total. The van der Waals surface area contributed by atoms with Gasteiger partial charge in [0.05, 0.1) is 6.04 Å². The number of hydrogen-bond acceptors (Lipinski definition) is 5. The van der Waals surface area contributed by atoms with Crippen LogP contribution >= 0.6 is 0 Å². The summed E-state index contributed by atoms with van der Waals surface area (Å²) in [6.45, 7) is 0.581. The highest BCUT2D eigenvalue weighted by Crippen LogP contribution is 2.21. The van der Waals surface area contributed by atoms with Crippen molar-refractivity contribution in [2.45, 2.75) is 56.8 Å². The lowest BCUT2D eigenvalue weighted by atomic mass is 9.98. The molecular formula is C31H35N3O4. The van der Waals surface area contributed by atoms with Gasteiger partial charge < -0.3 is 20.7 Å². The van der Waals surface area contributed by atoms with Crippen molar-refractivity contribution in [3.05, 3.63) is 108 Å². The molecule has 0 spiro atoms. The van der Waals surface area contributed by atoms with Gasteiger partial charge in [0.2, 0.25) is 11.8 Å². The van der Waals surface area contributed by atoms with Gasteiger partial charge in [0.15, 0.2) is 0 Å². The highest BCUT2D eigenvalue weighted by molar-refractivity contribution is 5.92. The van der Waals surface area contributed by atoms with Gasteiger partial charge in [-0.05, 0) is 42.4 Å². The van der Waals surface area contributed by atoms with Crippen LogP contribution in [-0.4, -0.2) is 47.4 Å². The molecule has 0 aromatic heterocycles. The molecule has 3 N–H and O–H groups in total. The number of rotatable bonds is 10. The van der Waals surface area contributed by atoms with E-state index in [0.29, 0.717) is 25.8 Å². The van der Waals surface area contributed by atoms with Crippen LogP contribution in [-0.2, 0) is 38.6 Å². The molecule has 4 rings (SSSR count). The van der Waals surface area contributed by atoms with Crippen LogP contribution in [0.2, 0.25) is 0 Å². The van der Waals surface area contributed by atoms with Gasteiger partial charge in [0, 0.05) is 13.0 Å². The van der Waals surface area contributed by atoms with E-state index in [-0.39, 0.29) is 12.5 Å². The smallest absolute Gasteiger partial charge is 0.329 e. The minimum Gasteiger partial charge on any atom is -0.459 e. The predicted octanol–water partition coefficient (Wildman–Crippen LogP) is 3.41. The lowest BCUT2D eigenvalue weighted by Crippen LogP contribution is -2.58. The van der Waals surface area contributed by atoms with Crippen LogP contribution in [0, 0.1) is 0 Å². The Kier molecular flexibility index (Phi) is 9.65. The number of esters is 1. The highest BCUT2D eigenvalue weighted by atomic mass is 16.5. The van der Waals surface area contributed by atoms with E-state index in [9.17, 15) is 14.4 Å². The molecule has 0 aliphatic carbocycles.